The molecule has 0 N–H and O–H groups in total. The molecule has 0 aliphatic carbocycles. The summed E-state index contributed by atoms with van der Waals surface area (Å²) in [7, 11) is 1.69. The molecule has 5 atom stereocenters. The molecule has 3 aromatic rings. The minimum atomic E-state index is -0.118. The van der Waals surface area contributed by atoms with Gasteiger partial charge in [0, 0.05) is 28.7 Å². The summed E-state index contributed by atoms with van der Waals surface area (Å²) < 4.78 is 12.2. The molecule has 3 aliphatic heterocycles. The molecule has 1 unspecified atom stereocenters. The summed E-state index contributed by atoms with van der Waals surface area (Å²) >= 11 is 6.11. The lowest BCUT2D eigenvalue weighted by Gasteiger charge is -2.51. The van der Waals surface area contributed by atoms with Gasteiger partial charge >= 0.3 is 0 Å². The van der Waals surface area contributed by atoms with E-state index in [0.717, 1.165) is 47.5 Å². The van der Waals surface area contributed by atoms with Crippen molar-refractivity contribution in [3.05, 3.63) is 78.0 Å². The van der Waals surface area contributed by atoms with Crippen molar-refractivity contribution in [2.75, 3.05) is 20.2 Å². The van der Waals surface area contributed by atoms with Crippen molar-refractivity contribution in [3.63, 3.8) is 0 Å². The molecular weight excluding hydrogens is 408 g/mol. The number of rotatable bonds is 6. The molecule has 5 heteroatoms. The van der Waals surface area contributed by atoms with Crippen LogP contribution in [0.2, 0.25) is 5.02 Å². The van der Waals surface area contributed by atoms with Crippen LogP contribution in [0.3, 0.4) is 0 Å². The second kappa shape index (κ2) is 8.52. The van der Waals surface area contributed by atoms with Gasteiger partial charge in [-0.25, -0.2) is 0 Å². The summed E-state index contributed by atoms with van der Waals surface area (Å²) in [6.07, 6.45) is 6.22. The number of hydrogen-bond acceptors (Lipinski definition) is 4. The van der Waals surface area contributed by atoms with Gasteiger partial charge in [-0.15, -0.1) is 6.58 Å². The third-order valence-corrected chi connectivity index (χ3v) is 7.12. The van der Waals surface area contributed by atoms with Gasteiger partial charge in [0.15, 0.2) is 0 Å². The van der Waals surface area contributed by atoms with Crippen molar-refractivity contribution in [2.24, 2.45) is 11.8 Å². The number of fused-ring (bicyclic) bond motifs is 4. The van der Waals surface area contributed by atoms with Crippen LogP contribution in [-0.4, -0.2) is 36.1 Å². The predicted molar refractivity (Wildman–Crippen MR) is 125 cm³/mol. The van der Waals surface area contributed by atoms with Crippen LogP contribution in [-0.2, 0) is 0 Å². The van der Waals surface area contributed by atoms with E-state index in [1.807, 2.05) is 42.6 Å². The molecule has 3 fully saturated rings. The maximum absolute atomic E-state index is 6.70. The number of nitrogens with zero attached hydrogens (tertiary/aromatic N) is 2. The second-order valence-corrected chi connectivity index (χ2v) is 8.96. The van der Waals surface area contributed by atoms with Crippen molar-refractivity contribution in [2.45, 2.75) is 25.0 Å². The number of piperidine rings is 3. The van der Waals surface area contributed by atoms with Crippen LogP contribution in [0.5, 0.6) is 11.5 Å². The van der Waals surface area contributed by atoms with Crippen molar-refractivity contribution in [1.29, 1.82) is 0 Å². The van der Waals surface area contributed by atoms with E-state index in [9.17, 15) is 0 Å². The van der Waals surface area contributed by atoms with Gasteiger partial charge in [-0.1, -0.05) is 17.7 Å². The van der Waals surface area contributed by atoms with Crippen molar-refractivity contribution >= 4 is 22.5 Å². The quantitative estimate of drug-likeness (QED) is 0.451. The molecule has 0 saturated carbocycles. The van der Waals surface area contributed by atoms with Gasteiger partial charge in [0.05, 0.1) is 18.7 Å². The van der Waals surface area contributed by atoms with Gasteiger partial charge in [0.1, 0.15) is 17.6 Å². The highest BCUT2D eigenvalue weighted by molar-refractivity contribution is 6.30. The fourth-order valence-corrected chi connectivity index (χ4v) is 5.35. The molecule has 2 bridgehead atoms. The molecule has 0 spiro atoms. The first-order chi connectivity index (χ1) is 15.2. The minimum absolute atomic E-state index is 0.118. The number of benzene rings is 2. The normalized spacial score (nSPS) is 25.9. The molecule has 4 nitrogen and oxygen atoms in total. The molecule has 160 valence electrons. The molecule has 6 rings (SSSR count). The van der Waals surface area contributed by atoms with Gasteiger partial charge in [-0.3, -0.25) is 9.88 Å². The zero-order valence-corrected chi connectivity index (χ0v) is 18.5. The average molecular weight is 435 g/mol. The molecule has 3 aliphatic rings. The molecule has 0 amide bonds. The number of aromatic nitrogens is 1. The van der Waals surface area contributed by atoms with Crippen LogP contribution >= 0.6 is 11.6 Å². The average Bonchev–Trinajstić information content (AvgIpc) is 2.83. The lowest BCUT2D eigenvalue weighted by atomic mass is 9.73. The first-order valence-electron chi connectivity index (χ1n) is 10.9. The Hall–Kier alpha value is -2.56. The first-order valence-corrected chi connectivity index (χ1v) is 11.3. The van der Waals surface area contributed by atoms with Crippen molar-refractivity contribution in [1.82, 2.24) is 9.88 Å². The van der Waals surface area contributed by atoms with Crippen LogP contribution in [0.4, 0.5) is 0 Å². The van der Waals surface area contributed by atoms with Crippen molar-refractivity contribution < 1.29 is 9.47 Å². The number of halogens is 1. The van der Waals surface area contributed by atoms with Crippen molar-refractivity contribution in [3.8, 4) is 11.5 Å². The third-order valence-electron chi connectivity index (χ3n) is 6.87. The fraction of sp³-hybridized carbons (Fsp3) is 0.346. The Balaban J connectivity index is 1.58. The van der Waals surface area contributed by atoms with E-state index in [1.54, 1.807) is 7.11 Å². The first kappa shape index (κ1) is 20.3. The number of methoxy groups -OCH3 is 1. The summed E-state index contributed by atoms with van der Waals surface area (Å²) in [6, 6.07) is 16.1. The SMILES string of the molecule is C=C[C@H]1CN2CC[C@H]1C[C@H]2[C@H](Oc1ccc(Cl)cc1)c1ccnc2ccc(OC)cc12. The Labute approximate surface area is 188 Å². The Kier molecular flexibility index (Phi) is 5.59. The lowest BCUT2D eigenvalue weighted by molar-refractivity contribution is -0.0357. The van der Waals surface area contributed by atoms with Crippen LogP contribution in [0.15, 0.2) is 67.4 Å². The highest BCUT2D eigenvalue weighted by Gasteiger charge is 2.43. The number of hydrogen-bond donors (Lipinski definition) is 0. The standard InChI is InChI=1S/C26H27ClN2O2/c1-3-17-16-29-13-11-18(17)14-25(29)26(31-20-6-4-19(27)5-7-20)22-10-12-28-24-9-8-21(30-2)15-23(22)24/h3-10,12,15,17-18,25-26H,1,11,13-14,16H2,2H3/t17-,18-,25-,26+/m0/s1. The maximum atomic E-state index is 6.70. The zero-order chi connectivity index (χ0) is 21.4. The molecule has 31 heavy (non-hydrogen) atoms. The van der Waals surface area contributed by atoms with Crippen LogP contribution in [0.1, 0.15) is 24.5 Å². The summed E-state index contributed by atoms with van der Waals surface area (Å²) in [6.45, 7) is 6.23. The van der Waals surface area contributed by atoms with Gasteiger partial charge in [0.25, 0.3) is 0 Å². The molecule has 3 saturated heterocycles. The van der Waals surface area contributed by atoms with E-state index in [-0.39, 0.29) is 6.10 Å². The van der Waals surface area contributed by atoms with E-state index in [1.165, 1.54) is 6.42 Å². The smallest absolute Gasteiger partial charge is 0.140 e. The Bertz CT molecular complexity index is 1080. The van der Waals surface area contributed by atoms with E-state index in [2.05, 4.69) is 34.7 Å². The van der Waals surface area contributed by atoms with Crippen LogP contribution in [0.25, 0.3) is 10.9 Å². The van der Waals surface area contributed by atoms with E-state index >= 15 is 0 Å². The van der Waals surface area contributed by atoms with Crippen LogP contribution < -0.4 is 9.47 Å². The summed E-state index contributed by atoms with van der Waals surface area (Å²) in [5, 5.41) is 1.78. The van der Waals surface area contributed by atoms with E-state index < -0.39 is 0 Å². The van der Waals surface area contributed by atoms with E-state index in [4.69, 9.17) is 21.1 Å². The van der Waals surface area contributed by atoms with Gasteiger partial charge in [-0.2, -0.15) is 0 Å². The highest BCUT2D eigenvalue weighted by atomic mass is 35.5. The third kappa shape index (κ3) is 3.90. The summed E-state index contributed by atoms with van der Waals surface area (Å²) in [5.74, 6) is 2.87. The number of ether oxygens (including phenoxy) is 2. The summed E-state index contributed by atoms with van der Waals surface area (Å²) in [5.41, 5.74) is 2.09. The van der Waals surface area contributed by atoms with Crippen LogP contribution in [0, 0.1) is 11.8 Å². The molecular formula is C26H27ClN2O2. The second-order valence-electron chi connectivity index (χ2n) is 8.52. The zero-order valence-electron chi connectivity index (χ0n) is 17.7. The topological polar surface area (TPSA) is 34.6 Å². The fourth-order valence-electron chi connectivity index (χ4n) is 5.22. The Morgan fingerprint density at radius 3 is 2.68 bits per heavy atom. The molecule has 1 aromatic heterocycles. The van der Waals surface area contributed by atoms with E-state index in [0.29, 0.717) is 22.9 Å². The molecule has 0 radical (unpaired) electrons. The Morgan fingerprint density at radius 1 is 1.16 bits per heavy atom. The summed E-state index contributed by atoms with van der Waals surface area (Å²) in [4.78, 5) is 7.16. The Morgan fingerprint density at radius 2 is 1.97 bits per heavy atom. The molecule has 2 aromatic carbocycles. The largest absolute Gasteiger partial charge is 0.497 e. The van der Waals surface area contributed by atoms with Gasteiger partial charge in [0.2, 0.25) is 0 Å². The minimum Gasteiger partial charge on any atom is -0.497 e. The molecule has 4 heterocycles. The highest BCUT2D eigenvalue weighted by Crippen LogP contribution is 2.44. The monoisotopic (exact) mass is 434 g/mol. The maximum Gasteiger partial charge on any atom is 0.140 e. The number of pyridine rings is 1. The van der Waals surface area contributed by atoms with Gasteiger partial charge in [-0.05, 0) is 79.8 Å². The van der Waals surface area contributed by atoms with Gasteiger partial charge < -0.3 is 9.47 Å². The lowest BCUT2D eigenvalue weighted by Crippen LogP contribution is -2.55. The predicted octanol–water partition coefficient (Wildman–Crippen LogP) is 5.91.